The van der Waals surface area contributed by atoms with E-state index in [1.807, 2.05) is 52.1 Å². The van der Waals surface area contributed by atoms with Crippen molar-refractivity contribution in [2.45, 2.75) is 18.9 Å². The lowest BCUT2D eigenvalue weighted by Crippen LogP contribution is -2.41. The van der Waals surface area contributed by atoms with Gasteiger partial charge in [-0.25, -0.2) is 0 Å². The van der Waals surface area contributed by atoms with Gasteiger partial charge in [0.05, 0.1) is 26.7 Å². The van der Waals surface area contributed by atoms with Crippen molar-refractivity contribution in [1.82, 2.24) is 4.90 Å². The number of carbonyl (C=O) groups excluding carboxylic acids is 1. The van der Waals surface area contributed by atoms with Gasteiger partial charge in [0.25, 0.3) is 0 Å². The van der Waals surface area contributed by atoms with Gasteiger partial charge in [0.2, 0.25) is 5.91 Å². The predicted octanol–water partition coefficient (Wildman–Crippen LogP) is 4.48. The Bertz CT molecular complexity index is 953. The number of carbonyl (C=O) groups is 1. The smallest absolute Gasteiger partial charge is 0.227 e. The molecule has 4 nitrogen and oxygen atoms in total. The first-order valence-electron chi connectivity index (χ1n) is 9.31. The Morgan fingerprint density at radius 2 is 1.86 bits per heavy atom. The quantitative estimate of drug-likeness (QED) is 0.641. The Hall–Kier alpha value is -2.79. The van der Waals surface area contributed by atoms with Gasteiger partial charge < -0.3 is 14.4 Å². The molecule has 1 aromatic heterocycles. The van der Waals surface area contributed by atoms with Crippen LogP contribution in [0, 0.1) is 0 Å². The first-order chi connectivity index (χ1) is 13.7. The molecule has 28 heavy (non-hydrogen) atoms. The molecule has 0 N–H and O–H groups in total. The number of rotatable bonds is 5. The molecule has 144 valence electrons. The van der Waals surface area contributed by atoms with E-state index in [-0.39, 0.29) is 11.9 Å². The zero-order valence-corrected chi connectivity index (χ0v) is 16.9. The SMILES string of the molecule is COc1cc2c(cc1OC)C(c1ccccc1)N(C(=O)Cc1ccsc1)CC2. The Balaban J connectivity index is 1.77. The Kier molecular flexibility index (Phi) is 5.35. The number of amides is 1. The topological polar surface area (TPSA) is 38.8 Å². The average Bonchev–Trinajstić information content (AvgIpc) is 3.25. The average molecular weight is 394 g/mol. The molecule has 1 aliphatic rings. The number of nitrogens with zero attached hydrogens (tertiary/aromatic N) is 1. The molecule has 1 unspecified atom stereocenters. The molecule has 0 bridgehead atoms. The van der Waals surface area contributed by atoms with E-state index in [2.05, 4.69) is 12.1 Å². The van der Waals surface area contributed by atoms with Crippen LogP contribution in [0.5, 0.6) is 11.5 Å². The molecule has 0 saturated heterocycles. The predicted molar refractivity (Wildman–Crippen MR) is 111 cm³/mol. The number of hydrogen-bond acceptors (Lipinski definition) is 4. The van der Waals surface area contributed by atoms with E-state index >= 15 is 0 Å². The van der Waals surface area contributed by atoms with Crippen LogP contribution < -0.4 is 9.47 Å². The number of ether oxygens (including phenoxy) is 2. The number of fused-ring (bicyclic) bond motifs is 1. The number of hydrogen-bond donors (Lipinski definition) is 0. The summed E-state index contributed by atoms with van der Waals surface area (Å²) < 4.78 is 11.0. The van der Waals surface area contributed by atoms with E-state index in [9.17, 15) is 4.79 Å². The van der Waals surface area contributed by atoms with Crippen molar-refractivity contribution in [1.29, 1.82) is 0 Å². The minimum Gasteiger partial charge on any atom is -0.493 e. The summed E-state index contributed by atoms with van der Waals surface area (Å²) in [6, 6.07) is 16.2. The fraction of sp³-hybridized carbons (Fsp3) is 0.261. The summed E-state index contributed by atoms with van der Waals surface area (Å²) in [4.78, 5) is 15.2. The van der Waals surface area contributed by atoms with Gasteiger partial charge in [-0.15, -0.1) is 0 Å². The van der Waals surface area contributed by atoms with Gasteiger partial charge in [0, 0.05) is 6.54 Å². The summed E-state index contributed by atoms with van der Waals surface area (Å²) in [5.74, 6) is 1.56. The molecule has 3 aromatic rings. The van der Waals surface area contributed by atoms with E-state index < -0.39 is 0 Å². The molecular weight excluding hydrogens is 370 g/mol. The summed E-state index contributed by atoms with van der Waals surface area (Å²) in [5, 5.41) is 4.06. The first-order valence-corrected chi connectivity index (χ1v) is 10.3. The van der Waals surface area contributed by atoms with Crippen LogP contribution in [0.15, 0.2) is 59.3 Å². The summed E-state index contributed by atoms with van der Waals surface area (Å²) in [6.07, 6.45) is 1.23. The largest absolute Gasteiger partial charge is 0.493 e. The molecule has 1 atom stereocenters. The van der Waals surface area contributed by atoms with Gasteiger partial charge in [-0.1, -0.05) is 30.3 Å². The van der Waals surface area contributed by atoms with Crippen LogP contribution in [0.4, 0.5) is 0 Å². The second-order valence-electron chi connectivity index (χ2n) is 6.86. The molecule has 1 amide bonds. The van der Waals surface area contributed by atoms with Crippen molar-refractivity contribution in [2.75, 3.05) is 20.8 Å². The molecule has 0 saturated carbocycles. The van der Waals surface area contributed by atoms with Crippen LogP contribution in [-0.4, -0.2) is 31.6 Å². The van der Waals surface area contributed by atoms with E-state index in [0.717, 1.165) is 28.9 Å². The fourth-order valence-electron chi connectivity index (χ4n) is 3.88. The highest BCUT2D eigenvalue weighted by atomic mass is 32.1. The number of benzene rings is 2. The van der Waals surface area contributed by atoms with Gasteiger partial charge in [0.1, 0.15) is 0 Å². The normalized spacial score (nSPS) is 15.8. The molecule has 4 rings (SSSR count). The number of thiophene rings is 1. The maximum atomic E-state index is 13.2. The van der Waals surface area contributed by atoms with Gasteiger partial charge in [0.15, 0.2) is 11.5 Å². The molecular formula is C23H23NO3S. The summed E-state index contributed by atoms with van der Waals surface area (Å²) >= 11 is 1.62. The molecule has 0 fully saturated rings. The lowest BCUT2D eigenvalue weighted by atomic mass is 9.87. The maximum absolute atomic E-state index is 13.2. The molecule has 2 heterocycles. The van der Waals surface area contributed by atoms with Crippen molar-refractivity contribution in [2.24, 2.45) is 0 Å². The second-order valence-corrected chi connectivity index (χ2v) is 7.64. The monoisotopic (exact) mass is 393 g/mol. The molecule has 1 aliphatic heterocycles. The summed E-state index contributed by atoms with van der Waals surface area (Å²) in [7, 11) is 3.29. The minimum absolute atomic E-state index is 0.129. The van der Waals surface area contributed by atoms with Gasteiger partial charge in [-0.05, 0) is 57.6 Å². The highest BCUT2D eigenvalue weighted by Crippen LogP contribution is 2.41. The van der Waals surface area contributed by atoms with E-state index in [1.54, 1.807) is 25.6 Å². The van der Waals surface area contributed by atoms with Gasteiger partial charge in [-0.3, -0.25) is 4.79 Å². The van der Waals surface area contributed by atoms with Crippen LogP contribution >= 0.6 is 11.3 Å². The minimum atomic E-state index is -0.129. The highest BCUT2D eigenvalue weighted by molar-refractivity contribution is 7.08. The van der Waals surface area contributed by atoms with Gasteiger partial charge in [-0.2, -0.15) is 11.3 Å². The van der Waals surface area contributed by atoms with E-state index in [1.165, 1.54) is 5.56 Å². The van der Waals surface area contributed by atoms with Crippen molar-refractivity contribution in [3.05, 3.63) is 81.5 Å². The summed E-state index contributed by atoms with van der Waals surface area (Å²) in [5.41, 5.74) is 4.48. The van der Waals surface area contributed by atoms with Crippen LogP contribution in [-0.2, 0) is 17.6 Å². The lowest BCUT2D eigenvalue weighted by Gasteiger charge is -2.38. The summed E-state index contributed by atoms with van der Waals surface area (Å²) in [6.45, 7) is 0.686. The van der Waals surface area contributed by atoms with E-state index in [4.69, 9.17) is 9.47 Å². The molecule has 0 radical (unpaired) electrons. The third-order valence-electron chi connectivity index (χ3n) is 5.24. The molecule has 5 heteroatoms. The Labute approximate surface area is 169 Å². The molecule has 2 aromatic carbocycles. The third kappa shape index (κ3) is 3.50. The van der Waals surface area contributed by atoms with Crippen molar-refractivity contribution in [3.63, 3.8) is 0 Å². The Morgan fingerprint density at radius 1 is 1.11 bits per heavy atom. The maximum Gasteiger partial charge on any atom is 0.227 e. The lowest BCUT2D eigenvalue weighted by molar-refractivity contribution is -0.132. The van der Waals surface area contributed by atoms with Crippen molar-refractivity contribution < 1.29 is 14.3 Å². The molecule has 0 spiro atoms. The first kappa shape index (κ1) is 18.6. The van der Waals surface area contributed by atoms with Gasteiger partial charge >= 0.3 is 0 Å². The highest BCUT2D eigenvalue weighted by Gasteiger charge is 2.33. The van der Waals surface area contributed by atoms with Crippen LogP contribution in [0.3, 0.4) is 0 Å². The Morgan fingerprint density at radius 3 is 2.54 bits per heavy atom. The zero-order valence-electron chi connectivity index (χ0n) is 16.1. The zero-order chi connectivity index (χ0) is 19.5. The van der Waals surface area contributed by atoms with Crippen LogP contribution in [0.1, 0.15) is 28.3 Å². The van der Waals surface area contributed by atoms with Crippen molar-refractivity contribution in [3.8, 4) is 11.5 Å². The molecule has 0 aliphatic carbocycles. The number of methoxy groups -OCH3 is 2. The van der Waals surface area contributed by atoms with E-state index in [0.29, 0.717) is 18.7 Å². The fourth-order valence-corrected chi connectivity index (χ4v) is 4.55. The standard InChI is InChI=1S/C23H23NO3S/c1-26-20-13-18-8-10-24(22(25)12-16-9-11-28-15-16)23(17-6-4-3-5-7-17)19(18)14-21(20)27-2/h3-7,9,11,13-15,23H,8,10,12H2,1-2H3. The van der Waals surface area contributed by atoms with Crippen LogP contribution in [0.2, 0.25) is 0 Å². The van der Waals surface area contributed by atoms with Crippen molar-refractivity contribution >= 4 is 17.2 Å². The third-order valence-corrected chi connectivity index (χ3v) is 5.98. The second kappa shape index (κ2) is 8.07. The van der Waals surface area contributed by atoms with Crippen LogP contribution in [0.25, 0.3) is 0 Å².